The fraction of sp³-hybridized carbons (Fsp3) is 0.174. The van der Waals surface area contributed by atoms with Gasteiger partial charge in [0.1, 0.15) is 0 Å². The highest BCUT2D eigenvalue weighted by atomic mass is 32.2. The average molecular weight is 403 g/mol. The summed E-state index contributed by atoms with van der Waals surface area (Å²) < 4.78 is 1.89. The molecule has 0 atom stereocenters. The SMILES string of the molecule is Cc1ccc(SCCC(=O)Nc2ccc(-c3cn4cccnc4n3)cc2)cc1C. The third-order valence-electron chi connectivity index (χ3n) is 4.78. The molecule has 0 saturated carbocycles. The molecule has 0 aliphatic heterocycles. The molecule has 0 saturated heterocycles. The molecule has 2 aromatic carbocycles. The smallest absolute Gasteiger partial charge is 0.234 e. The summed E-state index contributed by atoms with van der Waals surface area (Å²) in [5, 5.41) is 2.96. The van der Waals surface area contributed by atoms with Crippen LogP contribution in [0.2, 0.25) is 0 Å². The van der Waals surface area contributed by atoms with E-state index in [1.165, 1.54) is 16.0 Å². The number of hydrogen-bond donors (Lipinski definition) is 1. The van der Waals surface area contributed by atoms with Crippen molar-refractivity contribution >= 4 is 29.1 Å². The van der Waals surface area contributed by atoms with Crippen molar-refractivity contribution in [2.75, 3.05) is 11.1 Å². The van der Waals surface area contributed by atoms with E-state index in [1.54, 1.807) is 18.0 Å². The lowest BCUT2D eigenvalue weighted by atomic mass is 10.1. The summed E-state index contributed by atoms with van der Waals surface area (Å²) in [6.07, 6.45) is 6.06. The zero-order valence-electron chi connectivity index (χ0n) is 16.4. The number of nitrogens with one attached hydrogen (secondary N) is 1. The van der Waals surface area contributed by atoms with Crippen LogP contribution in [0.4, 0.5) is 5.69 Å². The largest absolute Gasteiger partial charge is 0.326 e. The first-order chi connectivity index (χ1) is 14.1. The Kier molecular flexibility index (Phi) is 5.62. The third kappa shape index (κ3) is 4.66. The van der Waals surface area contributed by atoms with Gasteiger partial charge in [-0.15, -0.1) is 11.8 Å². The predicted molar refractivity (Wildman–Crippen MR) is 118 cm³/mol. The number of rotatable bonds is 6. The number of carbonyl (C=O) groups is 1. The molecule has 4 aromatic rings. The zero-order valence-corrected chi connectivity index (χ0v) is 17.2. The molecule has 6 heteroatoms. The fourth-order valence-electron chi connectivity index (χ4n) is 2.98. The molecule has 2 heterocycles. The van der Waals surface area contributed by atoms with Gasteiger partial charge in [-0.2, -0.15) is 0 Å². The van der Waals surface area contributed by atoms with Gasteiger partial charge in [0, 0.05) is 46.9 Å². The molecule has 5 nitrogen and oxygen atoms in total. The molecule has 0 spiro atoms. The number of aromatic nitrogens is 3. The Labute approximate surface area is 174 Å². The molecule has 29 heavy (non-hydrogen) atoms. The first-order valence-electron chi connectivity index (χ1n) is 9.48. The number of thioether (sulfide) groups is 1. The second kappa shape index (κ2) is 8.49. The Hall–Kier alpha value is -3.12. The fourth-order valence-corrected chi connectivity index (χ4v) is 3.93. The van der Waals surface area contributed by atoms with Gasteiger partial charge in [-0.1, -0.05) is 18.2 Å². The highest BCUT2D eigenvalue weighted by Gasteiger charge is 2.07. The summed E-state index contributed by atoms with van der Waals surface area (Å²) in [4.78, 5) is 22.2. The minimum atomic E-state index is 0.0195. The molecule has 0 aliphatic carbocycles. The van der Waals surface area contributed by atoms with Crippen LogP contribution in [0.25, 0.3) is 17.0 Å². The molecule has 2 aromatic heterocycles. The Morgan fingerprint density at radius 1 is 1.10 bits per heavy atom. The Morgan fingerprint density at radius 3 is 2.69 bits per heavy atom. The van der Waals surface area contributed by atoms with Gasteiger partial charge < -0.3 is 5.32 Å². The van der Waals surface area contributed by atoms with Crippen LogP contribution in [0.3, 0.4) is 0 Å². The van der Waals surface area contributed by atoms with E-state index >= 15 is 0 Å². The molecular formula is C23H22N4OS. The molecule has 1 amide bonds. The van der Waals surface area contributed by atoms with Crippen molar-refractivity contribution in [1.29, 1.82) is 0 Å². The molecule has 0 aliphatic rings. The quantitative estimate of drug-likeness (QED) is 0.454. The lowest BCUT2D eigenvalue weighted by Gasteiger charge is -2.07. The number of carbonyl (C=O) groups excluding carboxylic acids is 1. The molecule has 0 unspecified atom stereocenters. The average Bonchev–Trinajstić information content (AvgIpc) is 3.15. The highest BCUT2D eigenvalue weighted by Crippen LogP contribution is 2.23. The number of benzene rings is 2. The normalized spacial score (nSPS) is 11.0. The molecule has 0 fully saturated rings. The van der Waals surface area contributed by atoms with Crippen LogP contribution in [-0.2, 0) is 4.79 Å². The minimum Gasteiger partial charge on any atom is -0.326 e. The second-order valence-corrected chi connectivity index (χ2v) is 8.09. The van der Waals surface area contributed by atoms with E-state index in [-0.39, 0.29) is 5.91 Å². The summed E-state index contributed by atoms with van der Waals surface area (Å²) >= 11 is 1.71. The standard InChI is InChI=1S/C23H22N4OS/c1-16-4-9-20(14-17(16)2)29-13-10-22(28)25-19-7-5-18(6-8-19)21-15-27-12-3-11-24-23(27)26-21/h3-9,11-12,14-15H,10,13H2,1-2H3,(H,25,28). The summed E-state index contributed by atoms with van der Waals surface area (Å²) in [6, 6.07) is 16.0. The van der Waals surface area contributed by atoms with Crippen LogP contribution >= 0.6 is 11.8 Å². The number of anilines is 1. The summed E-state index contributed by atoms with van der Waals surface area (Å²) in [6.45, 7) is 4.22. The van der Waals surface area contributed by atoms with Gasteiger partial charge in [0.15, 0.2) is 0 Å². The van der Waals surface area contributed by atoms with Crippen LogP contribution in [0.5, 0.6) is 0 Å². The number of imidazole rings is 1. The van der Waals surface area contributed by atoms with Crippen molar-refractivity contribution in [2.45, 2.75) is 25.2 Å². The Bertz CT molecular complexity index is 1120. The van der Waals surface area contributed by atoms with Crippen molar-refractivity contribution in [1.82, 2.24) is 14.4 Å². The summed E-state index contributed by atoms with van der Waals surface area (Å²) in [5.41, 5.74) is 5.19. The van der Waals surface area contributed by atoms with Crippen LogP contribution in [0.15, 0.2) is 72.0 Å². The van der Waals surface area contributed by atoms with E-state index in [4.69, 9.17) is 0 Å². The Balaban J connectivity index is 1.32. The predicted octanol–water partition coefficient (Wildman–Crippen LogP) is 5.13. The number of hydrogen-bond acceptors (Lipinski definition) is 4. The highest BCUT2D eigenvalue weighted by molar-refractivity contribution is 7.99. The van der Waals surface area contributed by atoms with Crippen molar-refractivity contribution in [2.24, 2.45) is 0 Å². The summed E-state index contributed by atoms with van der Waals surface area (Å²) in [5.74, 6) is 1.44. The molecule has 146 valence electrons. The molecule has 4 rings (SSSR count). The monoisotopic (exact) mass is 402 g/mol. The van der Waals surface area contributed by atoms with Gasteiger partial charge in [0.2, 0.25) is 11.7 Å². The first-order valence-corrected chi connectivity index (χ1v) is 10.5. The van der Waals surface area contributed by atoms with E-state index in [0.29, 0.717) is 12.2 Å². The van der Waals surface area contributed by atoms with E-state index in [2.05, 4.69) is 47.3 Å². The molecule has 0 bridgehead atoms. The topological polar surface area (TPSA) is 59.3 Å². The van der Waals surface area contributed by atoms with Gasteiger partial charge in [-0.25, -0.2) is 9.97 Å². The number of nitrogens with zero attached hydrogens (tertiary/aromatic N) is 3. The van der Waals surface area contributed by atoms with Crippen molar-refractivity contribution in [3.05, 3.63) is 78.2 Å². The van der Waals surface area contributed by atoms with Crippen molar-refractivity contribution < 1.29 is 4.79 Å². The van der Waals surface area contributed by atoms with Crippen LogP contribution in [0, 0.1) is 13.8 Å². The van der Waals surface area contributed by atoms with Gasteiger partial charge in [0.05, 0.1) is 5.69 Å². The van der Waals surface area contributed by atoms with E-state index in [1.807, 2.05) is 47.1 Å². The van der Waals surface area contributed by atoms with Crippen LogP contribution in [0.1, 0.15) is 17.5 Å². The number of aryl methyl sites for hydroxylation is 2. The summed E-state index contributed by atoms with van der Waals surface area (Å²) in [7, 11) is 0. The van der Waals surface area contributed by atoms with Crippen LogP contribution in [-0.4, -0.2) is 26.0 Å². The number of fused-ring (bicyclic) bond motifs is 1. The lowest BCUT2D eigenvalue weighted by molar-refractivity contribution is -0.115. The van der Waals surface area contributed by atoms with Gasteiger partial charge >= 0.3 is 0 Å². The maximum atomic E-state index is 12.2. The first kappa shape index (κ1) is 19.2. The van der Waals surface area contributed by atoms with Crippen molar-refractivity contribution in [3.8, 4) is 11.3 Å². The van der Waals surface area contributed by atoms with E-state index in [9.17, 15) is 4.79 Å². The third-order valence-corrected chi connectivity index (χ3v) is 5.77. The van der Waals surface area contributed by atoms with E-state index < -0.39 is 0 Å². The van der Waals surface area contributed by atoms with E-state index in [0.717, 1.165) is 22.7 Å². The number of amides is 1. The maximum absolute atomic E-state index is 12.2. The second-order valence-electron chi connectivity index (χ2n) is 6.92. The van der Waals surface area contributed by atoms with Gasteiger partial charge in [-0.05, 0) is 55.3 Å². The van der Waals surface area contributed by atoms with Crippen molar-refractivity contribution in [3.63, 3.8) is 0 Å². The maximum Gasteiger partial charge on any atom is 0.234 e. The molecule has 0 radical (unpaired) electrons. The lowest BCUT2D eigenvalue weighted by Crippen LogP contribution is -2.12. The van der Waals surface area contributed by atoms with Gasteiger partial charge in [-0.3, -0.25) is 9.20 Å². The minimum absolute atomic E-state index is 0.0195. The molecular weight excluding hydrogens is 380 g/mol. The van der Waals surface area contributed by atoms with Crippen LogP contribution < -0.4 is 5.32 Å². The van der Waals surface area contributed by atoms with Gasteiger partial charge in [0.25, 0.3) is 0 Å². The Morgan fingerprint density at radius 2 is 1.93 bits per heavy atom. The molecule has 1 N–H and O–H groups in total. The zero-order chi connectivity index (χ0) is 20.2.